The van der Waals surface area contributed by atoms with Crippen LogP contribution in [0.5, 0.6) is 17.2 Å². The highest BCUT2D eigenvalue weighted by Gasteiger charge is 2.24. The molecule has 0 atom stereocenters. The molecule has 6 nitrogen and oxygen atoms in total. The molecule has 35 heavy (non-hydrogen) atoms. The average molecular weight is 557 g/mol. The van der Waals surface area contributed by atoms with E-state index in [9.17, 15) is 9.18 Å². The zero-order valence-corrected chi connectivity index (χ0v) is 21.4. The number of amides is 1. The van der Waals surface area contributed by atoms with Crippen LogP contribution in [0.15, 0.2) is 75.0 Å². The third-order valence-electron chi connectivity index (χ3n) is 4.91. The SMILES string of the molecule is CCOc1cc(/C=C2/SC(=Nc3ccc(OC)cc3)NC2=O)c(Br)cc1OCc1ccc(F)cc1. The van der Waals surface area contributed by atoms with E-state index in [1.54, 1.807) is 31.4 Å². The second-order valence-corrected chi connectivity index (χ2v) is 9.23. The zero-order valence-electron chi connectivity index (χ0n) is 19.0. The summed E-state index contributed by atoms with van der Waals surface area (Å²) in [6, 6.07) is 17.0. The average Bonchev–Trinajstić information content (AvgIpc) is 3.20. The quantitative estimate of drug-likeness (QED) is 0.322. The number of rotatable bonds is 8. The monoisotopic (exact) mass is 556 g/mol. The van der Waals surface area contributed by atoms with Crippen molar-refractivity contribution in [3.8, 4) is 17.2 Å². The van der Waals surface area contributed by atoms with Crippen molar-refractivity contribution in [3.05, 3.63) is 87.0 Å². The number of amidine groups is 1. The third-order valence-corrected chi connectivity index (χ3v) is 6.51. The fourth-order valence-corrected chi connectivity index (χ4v) is 4.45. The van der Waals surface area contributed by atoms with E-state index in [-0.39, 0.29) is 18.3 Å². The minimum atomic E-state index is -0.296. The first-order chi connectivity index (χ1) is 16.9. The fraction of sp³-hybridized carbons (Fsp3) is 0.154. The van der Waals surface area contributed by atoms with Gasteiger partial charge < -0.3 is 19.5 Å². The Kier molecular flexibility index (Phi) is 8.09. The first kappa shape index (κ1) is 24.8. The number of hydrogen-bond acceptors (Lipinski definition) is 6. The fourth-order valence-electron chi connectivity index (χ4n) is 3.18. The molecule has 0 aromatic heterocycles. The normalized spacial score (nSPS) is 15.4. The third kappa shape index (κ3) is 6.43. The van der Waals surface area contributed by atoms with Crippen molar-refractivity contribution in [1.29, 1.82) is 0 Å². The van der Waals surface area contributed by atoms with Gasteiger partial charge in [0.25, 0.3) is 5.91 Å². The van der Waals surface area contributed by atoms with Crippen LogP contribution in [0.2, 0.25) is 0 Å². The first-order valence-corrected chi connectivity index (χ1v) is 12.3. The Morgan fingerprint density at radius 1 is 1.06 bits per heavy atom. The van der Waals surface area contributed by atoms with Gasteiger partial charge in [-0.2, -0.15) is 0 Å². The van der Waals surface area contributed by atoms with Crippen LogP contribution in [0.25, 0.3) is 6.08 Å². The molecular formula is C26H22BrFN2O4S. The van der Waals surface area contributed by atoms with Crippen molar-refractivity contribution in [2.75, 3.05) is 13.7 Å². The summed E-state index contributed by atoms with van der Waals surface area (Å²) in [4.78, 5) is 17.5. The number of carbonyl (C=O) groups is 1. The molecule has 0 unspecified atom stereocenters. The van der Waals surface area contributed by atoms with Gasteiger partial charge in [-0.1, -0.05) is 28.1 Å². The van der Waals surface area contributed by atoms with Gasteiger partial charge in [-0.15, -0.1) is 0 Å². The van der Waals surface area contributed by atoms with Gasteiger partial charge in [0.2, 0.25) is 0 Å². The number of benzene rings is 3. The standard InChI is InChI=1S/C26H22BrFN2O4S/c1-3-33-22-12-17(21(27)14-23(22)34-15-16-4-6-18(28)7-5-16)13-24-25(31)30-26(35-24)29-19-8-10-20(32-2)11-9-19/h4-14H,3,15H2,1-2H3,(H,29,30,31)/b24-13+. The minimum absolute atomic E-state index is 0.233. The topological polar surface area (TPSA) is 69.2 Å². The predicted molar refractivity (Wildman–Crippen MR) is 140 cm³/mol. The van der Waals surface area contributed by atoms with Gasteiger partial charge in [0.05, 0.1) is 24.3 Å². The van der Waals surface area contributed by atoms with Gasteiger partial charge >= 0.3 is 0 Å². The number of methoxy groups -OCH3 is 1. The summed E-state index contributed by atoms with van der Waals surface area (Å²) >= 11 is 4.82. The molecule has 1 saturated heterocycles. The summed E-state index contributed by atoms with van der Waals surface area (Å²) in [7, 11) is 1.60. The first-order valence-electron chi connectivity index (χ1n) is 10.7. The van der Waals surface area contributed by atoms with Gasteiger partial charge in [0, 0.05) is 4.47 Å². The molecule has 180 valence electrons. The highest BCUT2D eigenvalue weighted by atomic mass is 79.9. The van der Waals surface area contributed by atoms with Gasteiger partial charge in [0.15, 0.2) is 16.7 Å². The van der Waals surface area contributed by atoms with E-state index in [0.29, 0.717) is 33.9 Å². The van der Waals surface area contributed by atoms with Crippen molar-refractivity contribution in [2.24, 2.45) is 4.99 Å². The molecule has 0 aliphatic carbocycles. The maximum Gasteiger partial charge on any atom is 0.264 e. The number of carbonyl (C=O) groups excluding carboxylic acids is 1. The number of thioether (sulfide) groups is 1. The Morgan fingerprint density at radius 2 is 1.77 bits per heavy atom. The number of nitrogens with one attached hydrogen (secondary N) is 1. The highest BCUT2D eigenvalue weighted by Crippen LogP contribution is 2.37. The molecule has 3 aromatic rings. The molecule has 1 fully saturated rings. The van der Waals surface area contributed by atoms with Gasteiger partial charge in [0.1, 0.15) is 18.2 Å². The van der Waals surface area contributed by atoms with E-state index in [1.807, 2.05) is 37.3 Å². The van der Waals surface area contributed by atoms with E-state index < -0.39 is 0 Å². The summed E-state index contributed by atoms with van der Waals surface area (Å²) in [6.07, 6.45) is 1.77. The minimum Gasteiger partial charge on any atom is -0.497 e. The van der Waals surface area contributed by atoms with Gasteiger partial charge in [-0.05, 0) is 84.4 Å². The molecule has 9 heteroatoms. The molecule has 0 spiro atoms. The molecule has 4 rings (SSSR count). The summed E-state index contributed by atoms with van der Waals surface area (Å²) in [5.41, 5.74) is 2.29. The molecule has 1 aliphatic heterocycles. The summed E-state index contributed by atoms with van der Waals surface area (Å²) in [6.45, 7) is 2.58. The maximum absolute atomic E-state index is 13.2. The number of aliphatic imine (C=N–C) groups is 1. The van der Waals surface area contributed by atoms with Crippen LogP contribution in [0.1, 0.15) is 18.1 Å². The van der Waals surface area contributed by atoms with Crippen LogP contribution in [0.3, 0.4) is 0 Å². The lowest BCUT2D eigenvalue weighted by molar-refractivity contribution is -0.115. The number of ether oxygens (including phenoxy) is 3. The second kappa shape index (κ2) is 11.4. The molecule has 0 radical (unpaired) electrons. The smallest absolute Gasteiger partial charge is 0.264 e. The van der Waals surface area contributed by atoms with Crippen molar-refractivity contribution < 1.29 is 23.4 Å². The molecule has 1 amide bonds. The molecular weight excluding hydrogens is 535 g/mol. The van der Waals surface area contributed by atoms with Crippen molar-refractivity contribution in [3.63, 3.8) is 0 Å². The number of nitrogens with zero attached hydrogens (tertiary/aromatic N) is 1. The Morgan fingerprint density at radius 3 is 2.46 bits per heavy atom. The van der Waals surface area contributed by atoms with Gasteiger partial charge in [-0.3, -0.25) is 4.79 Å². The van der Waals surface area contributed by atoms with Crippen molar-refractivity contribution in [1.82, 2.24) is 5.32 Å². The second-order valence-electron chi connectivity index (χ2n) is 7.35. The Balaban J connectivity index is 1.53. The molecule has 0 bridgehead atoms. The van der Waals surface area contributed by atoms with E-state index in [0.717, 1.165) is 21.3 Å². The van der Waals surface area contributed by atoms with E-state index in [2.05, 4.69) is 26.2 Å². The molecule has 1 N–H and O–H groups in total. The molecule has 0 saturated carbocycles. The zero-order chi connectivity index (χ0) is 24.8. The van der Waals surface area contributed by atoms with Gasteiger partial charge in [-0.25, -0.2) is 9.38 Å². The molecule has 3 aromatic carbocycles. The van der Waals surface area contributed by atoms with Crippen molar-refractivity contribution in [2.45, 2.75) is 13.5 Å². The summed E-state index contributed by atoms with van der Waals surface area (Å²) in [5.74, 6) is 1.28. The lowest BCUT2D eigenvalue weighted by Gasteiger charge is -2.14. The predicted octanol–water partition coefficient (Wildman–Crippen LogP) is 6.47. The Labute approximate surface area is 215 Å². The maximum atomic E-state index is 13.2. The van der Waals surface area contributed by atoms with Crippen LogP contribution < -0.4 is 19.5 Å². The lowest BCUT2D eigenvalue weighted by Crippen LogP contribution is -2.19. The number of halogens is 2. The van der Waals surface area contributed by atoms with E-state index in [4.69, 9.17) is 14.2 Å². The lowest BCUT2D eigenvalue weighted by atomic mass is 10.1. The van der Waals surface area contributed by atoms with Crippen LogP contribution >= 0.6 is 27.7 Å². The number of hydrogen-bond donors (Lipinski definition) is 1. The van der Waals surface area contributed by atoms with E-state index in [1.165, 1.54) is 23.9 Å². The van der Waals surface area contributed by atoms with Crippen LogP contribution in [0, 0.1) is 5.82 Å². The largest absolute Gasteiger partial charge is 0.497 e. The molecule has 1 heterocycles. The van der Waals surface area contributed by atoms with Crippen molar-refractivity contribution >= 4 is 50.5 Å². The van der Waals surface area contributed by atoms with Crippen LogP contribution in [-0.2, 0) is 11.4 Å². The van der Waals surface area contributed by atoms with Crippen LogP contribution in [-0.4, -0.2) is 24.8 Å². The van der Waals surface area contributed by atoms with E-state index >= 15 is 0 Å². The summed E-state index contributed by atoms with van der Waals surface area (Å²) in [5, 5.41) is 3.28. The summed E-state index contributed by atoms with van der Waals surface area (Å²) < 4.78 is 30.8. The molecule has 1 aliphatic rings. The Hall–Kier alpha value is -3.30. The van der Waals surface area contributed by atoms with Crippen LogP contribution in [0.4, 0.5) is 10.1 Å². The highest BCUT2D eigenvalue weighted by molar-refractivity contribution is 9.10. The Bertz CT molecular complexity index is 1280.